The highest BCUT2D eigenvalue weighted by Crippen LogP contribution is 2.33. The Bertz CT molecular complexity index is 661. The first kappa shape index (κ1) is 14.4. The van der Waals surface area contributed by atoms with Gasteiger partial charge in [-0.05, 0) is 55.6 Å². The number of hydrogen-bond donors (Lipinski definition) is 1. The summed E-state index contributed by atoms with van der Waals surface area (Å²) in [5, 5.41) is 3.33. The first-order chi connectivity index (χ1) is 9.63. The van der Waals surface area contributed by atoms with Crippen LogP contribution in [0.3, 0.4) is 0 Å². The number of anilines is 1. The quantitative estimate of drug-likeness (QED) is 0.703. The van der Waals surface area contributed by atoms with E-state index >= 15 is 0 Å². The van der Waals surface area contributed by atoms with Crippen LogP contribution in [0, 0.1) is 0 Å². The summed E-state index contributed by atoms with van der Waals surface area (Å²) in [5.41, 5.74) is 2.41. The predicted molar refractivity (Wildman–Crippen MR) is 90.3 cm³/mol. The number of fused-ring (bicyclic) bond motifs is 1. The standard InChI is InChI=1S/C14H11Br3N2O/c15-10-3-8-1-2-20-13(8)9(4-10)6-18-14-12(17)5-11(16)7-19-14/h3-5,7H,1-2,6H2,(H,18,19). The minimum atomic E-state index is 0.676. The number of pyridine rings is 1. The topological polar surface area (TPSA) is 34.2 Å². The number of halogens is 3. The molecule has 0 atom stereocenters. The van der Waals surface area contributed by atoms with Crippen LogP contribution >= 0.6 is 47.8 Å². The van der Waals surface area contributed by atoms with Crippen molar-refractivity contribution in [2.45, 2.75) is 13.0 Å². The van der Waals surface area contributed by atoms with Crippen LogP contribution < -0.4 is 10.1 Å². The SMILES string of the molecule is Brc1cnc(NCc2cc(Br)cc3c2OCC3)c(Br)c1. The van der Waals surface area contributed by atoms with Gasteiger partial charge in [-0.25, -0.2) is 4.98 Å². The third-order valence-corrected chi connectivity index (χ3v) is 4.58. The first-order valence-electron chi connectivity index (χ1n) is 6.12. The highest BCUT2D eigenvalue weighted by atomic mass is 79.9. The van der Waals surface area contributed by atoms with Gasteiger partial charge in [0.2, 0.25) is 0 Å². The predicted octanol–water partition coefficient (Wildman–Crippen LogP) is 4.92. The average Bonchev–Trinajstić information content (AvgIpc) is 2.85. The summed E-state index contributed by atoms with van der Waals surface area (Å²) in [4.78, 5) is 4.35. The molecule has 1 aliphatic rings. The zero-order valence-corrected chi connectivity index (χ0v) is 15.2. The molecule has 3 nitrogen and oxygen atoms in total. The fraction of sp³-hybridized carbons (Fsp3) is 0.214. The summed E-state index contributed by atoms with van der Waals surface area (Å²) in [6.07, 6.45) is 2.75. The van der Waals surface area contributed by atoms with Crippen LogP contribution in [0.15, 0.2) is 37.8 Å². The van der Waals surface area contributed by atoms with Gasteiger partial charge in [-0.1, -0.05) is 15.9 Å². The van der Waals surface area contributed by atoms with E-state index in [9.17, 15) is 0 Å². The third kappa shape index (κ3) is 3.02. The molecule has 1 N–H and O–H groups in total. The van der Waals surface area contributed by atoms with Gasteiger partial charge in [0.15, 0.2) is 0 Å². The summed E-state index contributed by atoms with van der Waals surface area (Å²) in [6.45, 7) is 1.44. The molecule has 0 saturated heterocycles. The zero-order chi connectivity index (χ0) is 14.1. The molecular formula is C14H11Br3N2O. The number of rotatable bonds is 3. The minimum Gasteiger partial charge on any atom is -0.493 e. The van der Waals surface area contributed by atoms with E-state index in [1.807, 2.05) is 6.07 Å². The van der Waals surface area contributed by atoms with Gasteiger partial charge >= 0.3 is 0 Å². The molecular weight excluding hydrogens is 452 g/mol. The van der Waals surface area contributed by atoms with Gasteiger partial charge in [-0.3, -0.25) is 0 Å². The van der Waals surface area contributed by atoms with E-state index in [0.717, 1.165) is 43.6 Å². The van der Waals surface area contributed by atoms with Gasteiger partial charge < -0.3 is 10.1 Å². The molecule has 0 spiro atoms. The molecule has 1 aromatic carbocycles. The average molecular weight is 463 g/mol. The van der Waals surface area contributed by atoms with Crippen LogP contribution in [-0.2, 0) is 13.0 Å². The van der Waals surface area contributed by atoms with Crippen molar-refractivity contribution in [2.75, 3.05) is 11.9 Å². The van der Waals surface area contributed by atoms with Crippen molar-refractivity contribution in [3.63, 3.8) is 0 Å². The van der Waals surface area contributed by atoms with E-state index in [4.69, 9.17) is 4.74 Å². The summed E-state index contributed by atoms with van der Waals surface area (Å²) in [7, 11) is 0. The van der Waals surface area contributed by atoms with Crippen molar-refractivity contribution in [2.24, 2.45) is 0 Å². The third-order valence-electron chi connectivity index (χ3n) is 3.08. The molecule has 104 valence electrons. The monoisotopic (exact) mass is 460 g/mol. The first-order valence-corrected chi connectivity index (χ1v) is 8.50. The number of hydrogen-bond acceptors (Lipinski definition) is 3. The number of nitrogens with zero attached hydrogens (tertiary/aromatic N) is 1. The Balaban J connectivity index is 1.82. The van der Waals surface area contributed by atoms with Gasteiger partial charge in [-0.15, -0.1) is 0 Å². The fourth-order valence-electron chi connectivity index (χ4n) is 2.20. The molecule has 2 aromatic rings. The highest BCUT2D eigenvalue weighted by Gasteiger charge is 2.17. The van der Waals surface area contributed by atoms with E-state index in [0.29, 0.717) is 6.54 Å². The maximum Gasteiger partial charge on any atom is 0.140 e. The summed E-state index contributed by atoms with van der Waals surface area (Å²) in [5.74, 6) is 1.83. The Kier molecular flexibility index (Phi) is 4.33. The molecule has 1 aliphatic heterocycles. The molecule has 20 heavy (non-hydrogen) atoms. The second-order valence-electron chi connectivity index (χ2n) is 4.49. The fourth-order valence-corrected chi connectivity index (χ4v) is 3.88. The van der Waals surface area contributed by atoms with Crippen LogP contribution in [0.25, 0.3) is 0 Å². The van der Waals surface area contributed by atoms with Crippen LogP contribution in [0.2, 0.25) is 0 Å². The van der Waals surface area contributed by atoms with Crippen molar-refractivity contribution in [3.05, 3.63) is 48.9 Å². The molecule has 2 heterocycles. The second-order valence-corrected chi connectivity index (χ2v) is 7.17. The van der Waals surface area contributed by atoms with Crippen molar-refractivity contribution >= 4 is 53.6 Å². The summed E-state index contributed by atoms with van der Waals surface area (Å²) >= 11 is 10.4. The Morgan fingerprint density at radius 3 is 2.80 bits per heavy atom. The van der Waals surface area contributed by atoms with E-state index < -0.39 is 0 Å². The molecule has 0 radical (unpaired) electrons. The molecule has 0 aliphatic carbocycles. The highest BCUT2D eigenvalue weighted by molar-refractivity contribution is 9.11. The molecule has 1 aromatic heterocycles. The van der Waals surface area contributed by atoms with Crippen LogP contribution in [0.4, 0.5) is 5.82 Å². The van der Waals surface area contributed by atoms with E-state index in [1.54, 1.807) is 6.20 Å². The summed E-state index contributed by atoms with van der Waals surface area (Å²) in [6, 6.07) is 6.18. The van der Waals surface area contributed by atoms with Gasteiger partial charge in [0.25, 0.3) is 0 Å². The minimum absolute atomic E-state index is 0.676. The smallest absolute Gasteiger partial charge is 0.140 e. The normalized spacial score (nSPS) is 12.9. The Labute approximate surface area is 142 Å². The van der Waals surface area contributed by atoms with Crippen LogP contribution in [0.5, 0.6) is 5.75 Å². The van der Waals surface area contributed by atoms with E-state index in [1.165, 1.54) is 5.56 Å². The molecule has 0 bridgehead atoms. The van der Waals surface area contributed by atoms with E-state index in [2.05, 4.69) is 70.2 Å². The molecule has 0 unspecified atom stereocenters. The Hall–Kier alpha value is -0.590. The van der Waals surface area contributed by atoms with Crippen molar-refractivity contribution in [1.82, 2.24) is 4.98 Å². The number of nitrogens with one attached hydrogen (secondary N) is 1. The van der Waals surface area contributed by atoms with Gasteiger partial charge in [-0.2, -0.15) is 0 Å². The molecule has 0 saturated carbocycles. The van der Waals surface area contributed by atoms with Gasteiger partial charge in [0.1, 0.15) is 11.6 Å². The molecule has 0 fully saturated rings. The largest absolute Gasteiger partial charge is 0.493 e. The maximum atomic E-state index is 5.72. The zero-order valence-electron chi connectivity index (χ0n) is 10.4. The van der Waals surface area contributed by atoms with Crippen molar-refractivity contribution in [3.8, 4) is 5.75 Å². The molecule has 0 amide bonds. The van der Waals surface area contributed by atoms with Crippen molar-refractivity contribution in [1.29, 1.82) is 0 Å². The van der Waals surface area contributed by atoms with Crippen molar-refractivity contribution < 1.29 is 4.74 Å². The number of benzene rings is 1. The van der Waals surface area contributed by atoms with Crippen LogP contribution in [-0.4, -0.2) is 11.6 Å². The number of ether oxygens (including phenoxy) is 1. The Morgan fingerprint density at radius 1 is 1.15 bits per heavy atom. The van der Waals surface area contributed by atoms with Gasteiger partial charge in [0, 0.05) is 33.7 Å². The summed E-state index contributed by atoms with van der Waals surface area (Å²) < 4.78 is 8.68. The lowest BCUT2D eigenvalue weighted by atomic mass is 10.1. The second kappa shape index (κ2) is 6.03. The van der Waals surface area contributed by atoms with Gasteiger partial charge in [0.05, 0.1) is 11.1 Å². The lowest BCUT2D eigenvalue weighted by Crippen LogP contribution is -2.04. The van der Waals surface area contributed by atoms with E-state index in [-0.39, 0.29) is 0 Å². The molecule has 6 heteroatoms. The lowest BCUT2D eigenvalue weighted by Gasteiger charge is -2.11. The van der Waals surface area contributed by atoms with Crippen LogP contribution in [0.1, 0.15) is 11.1 Å². The number of aromatic nitrogens is 1. The maximum absolute atomic E-state index is 5.72. The lowest BCUT2D eigenvalue weighted by molar-refractivity contribution is 0.354. The molecule has 3 rings (SSSR count). The Morgan fingerprint density at radius 2 is 2.00 bits per heavy atom.